The van der Waals surface area contributed by atoms with Crippen LogP contribution in [0.2, 0.25) is 0 Å². The molecule has 1 saturated carbocycles. The Balaban J connectivity index is 2.06. The van der Waals surface area contributed by atoms with Gasteiger partial charge in [-0.25, -0.2) is 0 Å². The highest BCUT2D eigenvalue weighted by atomic mass is 79.9. The van der Waals surface area contributed by atoms with Gasteiger partial charge in [0.2, 0.25) is 0 Å². The maximum absolute atomic E-state index is 12.2. The number of benzene rings is 1. The fraction of sp³-hybridized carbons (Fsp3) is 0.500. The van der Waals surface area contributed by atoms with Crippen LogP contribution >= 0.6 is 15.9 Å². The summed E-state index contributed by atoms with van der Waals surface area (Å²) in [5.41, 5.74) is 1.02. The molecule has 1 aliphatic carbocycles. The molecule has 1 aliphatic rings. The zero-order valence-corrected chi connectivity index (χ0v) is 12.9. The van der Waals surface area contributed by atoms with Crippen LogP contribution in [-0.4, -0.2) is 22.7 Å². The summed E-state index contributed by atoms with van der Waals surface area (Å²) in [5.74, 6) is -0.230. The summed E-state index contributed by atoms with van der Waals surface area (Å²) in [4.78, 5) is 22.6. The Labute approximate surface area is 126 Å². The zero-order valence-electron chi connectivity index (χ0n) is 11.3. The van der Waals surface area contributed by atoms with E-state index in [4.69, 9.17) is 0 Å². The van der Waals surface area contributed by atoms with E-state index < -0.39 is 4.92 Å². The van der Waals surface area contributed by atoms with Crippen LogP contribution in [-0.2, 0) is 0 Å². The maximum atomic E-state index is 12.2. The Morgan fingerprint density at radius 2 is 2.20 bits per heavy atom. The average Bonchev–Trinajstić information content (AvgIpc) is 3.17. The van der Waals surface area contributed by atoms with Crippen molar-refractivity contribution in [3.63, 3.8) is 0 Å². The molecule has 1 aromatic carbocycles. The molecule has 20 heavy (non-hydrogen) atoms. The predicted octanol–water partition coefficient (Wildman–Crippen LogP) is 3.20. The first kappa shape index (κ1) is 15.0. The lowest BCUT2D eigenvalue weighted by molar-refractivity contribution is -0.385. The summed E-state index contributed by atoms with van der Waals surface area (Å²) in [6.45, 7) is 2.25. The van der Waals surface area contributed by atoms with E-state index >= 15 is 0 Å². The molecule has 0 aliphatic heterocycles. The molecule has 0 spiro atoms. The van der Waals surface area contributed by atoms with E-state index in [0.29, 0.717) is 17.7 Å². The van der Waals surface area contributed by atoms with Gasteiger partial charge in [0, 0.05) is 29.1 Å². The van der Waals surface area contributed by atoms with Gasteiger partial charge in [0.1, 0.15) is 0 Å². The summed E-state index contributed by atoms with van der Waals surface area (Å²) in [6, 6.07) is 4.59. The lowest BCUT2D eigenvalue weighted by atomic mass is 10.0. The smallest absolute Gasteiger partial charge is 0.273 e. The third-order valence-electron chi connectivity index (χ3n) is 3.95. The molecule has 0 aromatic heterocycles. The van der Waals surface area contributed by atoms with Crippen LogP contribution in [0.5, 0.6) is 0 Å². The summed E-state index contributed by atoms with van der Waals surface area (Å²) in [6.07, 6.45) is 3.31. The molecule has 0 unspecified atom stereocenters. The van der Waals surface area contributed by atoms with Gasteiger partial charge in [-0.15, -0.1) is 0 Å². The van der Waals surface area contributed by atoms with Crippen molar-refractivity contribution in [1.29, 1.82) is 0 Å². The van der Waals surface area contributed by atoms with Crippen LogP contribution in [0.25, 0.3) is 0 Å². The van der Waals surface area contributed by atoms with Gasteiger partial charge in [-0.3, -0.25) is 14.9 Å². The quantitative estimate of drug-likeness (QED) is 0.491. The van der Waals surface area contributed by atoms with Crippen molar-refractivity contribution >= 4 is 27.5 Å². The number of hydrogen-bond acceptors (Lipinski definition) is 3. The predicted molar refractivity (Wildman–Crippen MR) is 80.2 cm³/mol. The van der Waals surface area contributed by atoms with Crippen LogP contribution in [0, 0.1) is 22.5 Å². The van der Waals surface area contributed by atoms with E-state index in [1.54, 1.807) is 19.1 Å². The van der Waals surface area contributed by atoms with Gasteiger partial charge >= 0.3 is 0 Å². The second-order valence-corrected chi connectivity index (χ2v) is 6.12. The Hall–Kier alpha value is -1.43. The van der Waals surface area contributed by atoms with Gasteiger partial charge in [-0.2, -0.15) is 0 Å². The first-order valence-electron chi connectivity index (χ1n) is 6.57. The van der Waals surface area contributed by atoms with Gasteiger partial charge in [0.05, 0.1) is 4.92 Å². The first-order chi connectivity index (χ1) is 9.49. The number of carbonyl (C=O) groups is 1. The van der Waals surface area contributed by atoms with Crippen molar-refractivity contribution in [2.45, 2.75) is 26.2 Å². The molecule has 1 amide bonds. The van der Waals surface area contributed by atoms with Gasteiger partial charge in [-0.05, 0) is 37.7 Å². The van der Waals surface area contributed by atoms with Gasteiger partial charge in [0.25, 0.3) is 11.6 Å². The molecule has 1 fully saturated rings. The summed E-state index contributed by atoms with van der Waals surface area (Å²) in [5, 5.41) is 14.7. The van der Waals surface area contributed by atoms with E-state index in [2.05, 4.69) is 21.2 Å². The second-order valence-electron chi connectivity index (χ2n) is 5.33. The van der Waals surface area contributed by atoms with Crippen LogP contribution in [0.1, 0.15) is 35.2 Å². The molecule has 108 valence electrons. The molecule has 0 bridgehead atoms. The van der Waals surface area contributed by atoms with Crippen LogP contribution in [0.3, 0.4) is 0 Å². The molecular weight excluding hydrogens is 324 g/mol. The van der Waals surface area contributed by atoms with E-state index in [1.165, 1.54) is 6.07 Å². The van der Waals surface area contributed by atoms with E-state index in [9.17, 15) is 14.9 Å². The summed E-state index contributed by atoms with van der Waals surface area (Å²) in [7, 11) is 0. The molecule has 1 aromatic rings. The molecule has 5 nitrogen and oxygen atoms in total. The largest absolute Gasteiger partial charge is 0.351 e. The Kier molecular flexibility index (Phi) is 4.42. The highest BCUT2D eigenvalue weighted by Crippen LogP contribution is 2.48. The van der Waals surface area contributed by atoms with E-state index in [0.717, 1.165) is 24.6 Å². The topological polar surface area (TPSA) is 72.2 Å². The van der Waals surface area contributed by atoms with Crippen molar-refractivity contribution < 1.29 is 9.72 Å². The maximum Gasteiger partial charge on any atom is 0.273 e. The Morgan fingerprint density at radius 3 is 2.75 bits per heavy atom. The lowest BCUT2D eigenvalue weighted by Gasteiger charge is -2.15. The molecule has 0 radical (unpaired) electrons. The molecule has 0 atom stereocenters. The number of rotatable bonds is 6. The van der Waals surface area contributed by atoms with Crippen LogP contribution in [0.4, 0.5) is 5.69 Å². The van der Waals surface area contributed by atoms with Crippen LogP contribution < -0.4 is 5.32 Å². The second kappa shape index (κ2) is 5.91. The number of nitro benzene ring substituents is 1. The number of nitrogens with one attached hydrogen (secondary N) is 1. The number of halogens is 1. The minimum absolute atomic E-state index is 0.0146. The number of alkyl halides is 1. The molecule has 1 N–H and O–H groups in total. The number of nitro groups is 1. The van der Waals surface area contributed by atoms with Crippen molar-refractivity contribution in [2.24, 2.45) is 5.41 Å². The summed E-state index contributed by atoms with van der Waals surface area (Å²) < 4.78 is 0. The molecule has 0 heterocycles. The van der Waals surface area contributed by atoms with Crippen molar-refractivity contribution in [1.82, 2.24) is 5.32 Å². The minimum Gasteiger partial charge on any atom is -0.351 e. The number of amides is 1. The zero-order chi connectivity index (χ0) is 14.8. The normalized spacial score (nSPS) is 15.7. The lowest BCUT2D eigenvalue weighted by Crippen LogP contribution is -2.31. The Bertz CT molecular complexity index is 541. The van der Waals surface area contributed by atoms with Gasteiger partial charge in [0.15, 0.2) is 0 Å². The molecule has 6 heteroatoms. The fourth-order valence-corrected chi connectivity index (χ4v) is 3.16. The Morgan fingerprint density at radius 1 is 1.50 bits per heavy atom. The standard InChI is InChI=1S/C14H17BrN2O3/c1-10-11(3-2-4-12(10)17(19)20)13(18)16-9-14(5-6-14)7-8-15/h2-4H,5-9H2,1H3,(H,16,18). The van der Waals surface area contributed by atoms with Crippen LogP contribution in [0.15, 0.2) is 18.2 Å². The van der Waals surface area contributed by atoms with Crippen molar-refractivity contribution in [2.75, 3.05) is 11.9 Å². The third-order valence-corrected chi connectivity index (χ3v) is 4.35. The number of nitrogens with zero attached hydrogens (tertiary/aromatic N) is 1. The number of carbonyl (C=O) groups excluding carboxylic acids is 1. The van der Waals surface area contributed by atoms with Gasteiger partial charge < -0.3 is 5.32 Å². The monoisotopic (exact) mass is 340 g/mol. The first-order valence-corrected chi connectivity index (χ1v) is 7.69. The third kappa shape index (κ3) is 3.17. The van der Waals surface area contributed by atoms with E-state index in [-0.39, 0.29) is 17.0 Å². The van der Waals surface area contributed by atoms with Gasteiger partial charge in [-0.1, -0.05) is 22.0 Å². The fourth-order valence-electron chi connectivity index (χ4n) is 2.32. The minimum atomic E-state index is -0.459. The summed E-state index contributed by atoms with van der Waals surface area (Å²) >= 11 is 3.43. The molecule has 2 rings (SSSR count). The van der Waals surface area contributed by atoms with E-state index in [1.807, 2.05) is 0 Å². The highest BCUT2D eigenvalue weighted by molar-refractivity contribution is 9.09. The SMILES string of the molecule is Cc1c(C(=O)NCC2(CCBr)CC2)cccc1[N+](=O)[O-]. The average molecular weight is 341 g/mol. The highest BCUT2D eigenvalue weighted by Gasteiger charge is 2.41. The number of hydrogen-bond donors (Lipinski definition) is 1. The van der Waals surface area contributed by atoms with Crippen molar-refractivity contribution in [3.8, 4) is 0 Å². The van der Waals surface area contributed by atoms with Crippen molar-refractivity contribution in [3.05, 3.63) is 39.4 Å². The molecular formula is C14H17BrN2O3. The molecule has 0 saturated heterocycles.